The molecular weight excluding hydrogens is 336 g/mol. The smallest absolute Gasteiger partial charge is 0.303 e. The zero-order valence-corrected chi connectivity index (χ0v) is 15.3. The monoisotopic (exact) mass is 362 g/mol. The van der Waals surface area contributed by atoms with Crippen LogP contribution in [0.25, 0.3) is 0 Å². The second kappa shape index (κ2) is 11.0. The fourth-order valence-corrected chi connectivity index (χ4v) is 2.62. The normalized spacial score (nSPS) is 10.2. The molecule has 0 radical (unpaired) electrons. The summed E-state index contributed by atoms with van der Waals surface area (Å²) in [5.41, 5.74) is 0.456. The van der Waals surface area contributed by atoms with Crippen LogP contribution in [-0.2, 0) is 19.2 Å². The van der Waals surface area contributed by atoms with E-state index in [9.17, 15) is 19.2 Å². The van der Waals surface area contributed by atoms with E-state index in [2.05, 4.69) is 0 Å². The molecule has 0 spiro atoms. The van der Waals surface area contributed by atoms with Crippen LogP contribution < -0.4 is 5.01 Å². The van der Waals surface area contributed by atoms with Gasteiger partial charge in [-0.3, -0.25) is 19.2 Å². The van der Waals surface area contributed by atoms with Crippen LogP contribution in [0.5, 0.6) is 0 Å². The number of benzene rings is 1. The molecule has 0 atom stereocenters. The number of carboxylic acids is 1. The number of hydrazine groups is 1. The van der Waals surface area contributed by atoms with Gasteiger partial charge in [-0.1, -0.05) is 37.5 Å². The fraction of sp³-hybridized carbons (Fsp3) is 0.474. The summed E-state index contributed by atoms with van der Waals surface area (Å²) in [6, 6.07) is 8.56. The Balaban J connectivity index is 2.62. The van der Waals surface area contributed by atoms with Crippen LogP contribution in [0.4, 0.5) is 5.69 Å². The maximum Gasteiger partial charge on any atom is 0.303 e. The van der Waals surface area contributed by atoms with Gasteiger partial charge in [-0.2, -0.15) is 5.01 Å². The Morgan fingerprint density at radius 1 is 0.808 bits per heavy atom. The van der Waals surface area contributed by atoms with E-state index in [1.165, 1.54) is 13.8 Å². The standard InChI is InChI=1S/C19H26N2O5/c1-15(22)20(17-11-7-6-8-12-17)21(16(2)23)18(24)13-9-4-3-5-10-14-19(25)26/h6-8,11-12H,3-5,9-10,13-14H2,1-2H3,(H,25,26). The lowest BCUT2D eigenvalue weighted by Crippen LogP contribution is -2.51. The number of unbranched alkanes of at least 4 members (excludes halogenated alkanes) is 4. The van der Waals surface area contributed by atoms with Gasteiger partial charge in [0, 0.05) is 26.7 Å². The van der Waals surface area contributed by atoms with E-state index in [1.807, 2.05) is 0 Å². The first-order valence-electron chi connectivity index (χ1n) is 8.75. The molecule has 0 aliphatic heterocycles. The van der Waals surface area contributed by atoms with Gasteiger partial charge in [-0.15, -0.1) is 0 Å². The molecule has 1 aromatic rings. The molecule has 142 valence electrons. The highest BCUT2D eigenvalue weighted by molar-refractivity contribution is 6.03. The number of anilines is 1. The number of rotatable bonds is 9. The Kier molecular flexibility index (Phi) is 9.05. The van der Waals surface area contributed by atoms with E-state index in [4.69, 9.17) is 5.11 Å². The molecule has 0 unspecified atom stereocenters. The van der Waals surface area contributed by atoms with Crippen LogP contribution >= 0.6 is 0 Å². The third kappa shape index (κ3) is 7.04. The van der Waals surface area contributed by atoms with E-state index >= 15 is 0 Å². The number of imide groups is 1. The van der Waals surface area contributed by atoms with Crippen molar-refractivity contribution in [2.45, 2.75) is 58.8 Å². The minimum absolute atomic E-state index is 0.148. The number of aliphatic carboxylic acids is 1. The Morgan fingerprint density at radius 3 is 1.85 bits per heavy atom. The topological polar surface area (TPSA) is 95.0 Å². The Bertz CT molecular complexity index is 630. The molecule has 1 aromatic carbocycles. The van der Waals surface area contributed by atoms with Gasteiger partial charge in [0.05, 0.1) is 5.69 Å². The predicted molar refractivity (Wildman–Crippen MR) is 97.1 cm³/mol. The summed E-state index contributed by atoms with van der Waals surface area (Å²) >= 11 is 0. The molecule has 0 saturated heterocycles. The highest BCUT2D eigenvalue weighted by Gasteiger charge is 2.28. The van der Waals surface area contributed by atoms with E-state index in [-0.39, 0.29) is 12.8 Å². The molecule has 0 aliphatic carbocycles. The summed E-state index contributed by atoms with van der Waals surface area (Å²) in [5.74, 6) is -2.17. The summed E-state index contributed by atoms with van der Waals surface area (Å²) in [5, 5.41) is 10.6. The van der Waals surface area contributed by atoms with Gasteiger partial charge in [0.15, 0.2) is 0 Å². The van der Waals surface area contributed by atoms with Gasteiger partial charge >= 0.3 is 5.97 Å². The van der Waals surface area contributed by atoms with Crippen molar-refractivity contribution >= 4 is 29.4 Å². The van der Waals surface area contributed by atoms with Gasteiger partial charge in [0.25, 0.3) is 0 Å². The number of para-hydroxylation sites is 1. The number of amides is 3. The van der Waals surface area contributed by atoms with Crippen molar-refractivity contribution in [1.29, 1.82) is 0 Å². The number of hydrogen-bond acceptors (Lipinski definition) is 4. The molecule has 7 heteroatoms. The molecule has 0 fully saturated rings. The van der Waals surface area contributed by atoms with Crippen LogP contribution in [0.15, 0.2) is 30.3 Å². The van der Waals surface area contributed by atoms with E-state index in [1.54, 1.807) is 30.3 Å². The number of nitrogens with zero attached hydrogens (tertiary/aromatic N) is 2. The Morgan fingerprint density at radius 2 is 1.35 bits per heavy atom. The first-order valence-corrected chi connectivity index (χ1v) is 8.75. The molecule has 1 rings (SSSR count). The van der Waals surface area contributed by atoms with Gasteiger partial charge in [-0.25, -0.2) is 5.01 Å². The van der Waals surface area contributed by atoms with E-state index in [0.717, 1.165) is 29.3 Å². The van der Waals surface area contributed by atoms with Crippen molar-refractivity contribution in [3.05, 3.63) is 30.3 Å². The lowest BCUT2D eigenvalue weighted by atomic mass is 10.1. The van der Waals surface area contributed by atoms with Gasteiger partial charge in [0.2, 0.25) is 17.7 Å². The van der Waals surface area contributed by atoms with Crippen LogP contribution in [-0.4, -0.2) is 33.8 Å². The van der Waals surface area contributed by atoms with Crippen molar-refractivity contribution in [3.63, 3.8) is 0 Å². The second-order valence-corrected chi connectivity index (χ2v) is 6.05. The summed E-state index contributed by atoms with van der Waals surface area (Å²) in [6.45, 7) is 2.56. The number of carbonyl (C=O) groups excluding carboxylic acids is 3. The molecule has 26 heavy (non-hydrogen) atoms. The summed E-state index contributed by atoms with van der Waals surface area (Å²) in [7, 11) is 0. The van der Waals surface area contributed by atoms with E-state index in [0.29, 0.717) is 18.5 Å². The highest BCUT2D eigenvalue weighted by Crippen LogP contribution is 2.18. The van der Waals surface area contributed by atoms with Crippen molar-refractivity contribution in [2.24, 2.45) is 0 Å². The van der Waals surface area contributed by atoms with Crippen molar-refractivity contribution in [3.8, 4) is 0 Å². The lowest BCUT2D eigenvalue weighted by Gasteiger charge is -2.31. The molecule has 3 amide bonds. The predicted octanol–water partition coefficient (Wildman–Crippen LogP) is 3.14. The first-order chi connectivity index (χ1) is 12.3. The summed E-state index contributed by atoms with van der Waals surface area (Å²) < 4.78 is 0. The molecule has 0 aromatic heterocycles. The van der Waals surface area contributed by atoms with Crippen LogP contribution in [0, 0.1) is 0 Å². The third-order valence-corrected chi connectivity index (χ3v) is 3.81. The molecule has 0 bridgehead atoms. The number of carboxylic acid groups (broad SMARTS) is 1. The molecule has 0 heterocycles. The minimum atomic E-state index is -0.803. The second-order valence-electron chi connectivity index (χ2n) is 6.05. The van der Waals surface area contributed by atoms with Crippen molar-refractivity contribution < 1.29 is 24.3 Å². The highest BCUT2D eigenvalue weighted by atomic mass is 16.4. The minimum Gasteiger partial charge on any atom is -0.481 e. The quantitative estimate of drug-likeness (QED) is 0.538. The molecule has 7 nitrogen and oxygen atoms in total. The zero-order valence-electron chi connectivity index (χ0n) is 15.3. The number of carbonyl (C=O) groups is 4. The van der Waals surface area contributed by atoms with Crippen LogP contribution in [0.3, 0.4) is 0 Å². The van der Waals surface area contributed by atoms with Gasteiger partial charge in [-0.05, 0) is 25.0 Å². The first kappa shape index (κ1) is 21.3. The van der Waals surface area contributed by atoms with E-state index < -0.39 is 23.7 Å². The average Bonchev–Trinajstić information content (AvgIpc) is 2.58. The maximum absolute atomic E-state index is 12.5. The molecule has 0 aliphatic rings. The largest absolute Gasteiger partial charge is 0.481 e. The van der Waals surface area contributed by atoms with Gasteiger partial charge in [0.1, 0.15) is 0 Å². The average molecular weight is 362 g/mol. The van der Waals surface area contributed by atoms with Crippen LogP contribution in [0.1, 0.15) is 58.8 Å². The van der Waals surface area contributed by atoms with Crippen molar-refractivity contribution in [2.75, 3.05) is 5.01 Å². The third-order valence-electron chi connectivity index (χ3n) is 3.81. The maximum atomic E-state index is 12.5. The summed E-state index contributed by atoms with van der Waals surface area (Å²) in [6.07, 6.45) is 3.89. The fourth-order valence-electron chi connectivity index (χ4n) is 2.62. The zero-order chi connectivity index (χ0) is 19.5. The van der Waals surface area contributed by atoms with Crippen molar-refractivity contribution in [1.82, 2.24) is 5.01 Å². The molecule has 0 saturated carbocycles. The Hall–Kier alpha value is -2.70. The van der Waals surface area contributed by atoms with Crippen LogP contribution in [0.2, 0.25) is 0 Å². The number of hydrogen-bond donors (Lipinski definition) is 1. The molecule has 1 N–H and O–H groups in total. The SMILES string of the molecule is CC(=O)N(C(=O)CCCCCCCC(=O)O)N(C(C)=O)c1ccccc1. The molecular formula is C19H26N2O5. The Labute approximate surface area is 153 Å². The summed E-state index contributed by atoms with van der Waals surface area (Å²) in [4.78, 5) is 47.0. The van der Waals surface area contributed by atoms with Gasteiger partial charge < -0.3 is 5.11 Å². The lowest BCUT2D eigenvalue weighted by molar-refractivity contribution is -0.147.